The van der Waals surface area contributed by atoms with E-state index in [1.807, 2.05) is 26.0 Å². The number of anilines is 1. The normalized spacial score (nSPS) is 10.5. The molecule has 0 atom stereocenters. The highest BCUT2D eigenvalue weighted by molar-refractivity contribution is 5.95. The molecular weight excluding hydrogens is 346 g/mol. The van der Waals surface area contributed by atoms with Gasteiger partial charge in [-0.25, -0.2) is 4.79 Å². The molecule has 142 valence electrons. The minimum Gasteiger partial charge on any atom is -0.493 e. The second-order valence-corrected chi connectivity index (χ2v) is 5.82. The van der Waals surface area contributed by atoms with Gasteiger partial charge < -0.3 is 19.5 Å². The summed E-state index contributed by atoms with van der Waals surface area (Å²) in [5.74, 6) is 0.0398. The predicted molar refractivity (Wildman–Crippen MR) is 104 cm³/mol. The number of benzene rings is 2. The van der Waals surface area contributed by atoms with E-state index in [4.69, 9.17) is 14.2 Å². The molecule has 6 nitrogen and oxygen atoms in total. The molecule has 0 aliphatic heterocycles. The van der Waals surface area contributed by atoms with Gasteiger partial charge in [-0.1, -0.05) is 24.3 Å². The molecule has 0 radical (unpaired) electrons. The van der Waals surface area contributed by atoms with E-state index in [-0.39, 0.29) is 6.61 Å². The number of rotatable bonds is 7. The van der Waals surface area contributed by atoms with Crippen LogP contribution in [0.2, 0.25) is 0 Å². The number of ether oxygens (including phenoxy) is 3. The Balaban J connectivity index is 1.93. The summed E-state index contributed by atoms with van der Waals surface area (Å²) in [5, 5.41) is 2.74. The Hall–Kier alpha value is -3.28. The lowest BCUT2D eigenvalue weighted by molar-refractivity contribution is -0.142. The van der Waals surface area contributed by atoms with Gasteiger partial charge >= 0.3 is 5.97 Å². The summed E-state index contributed by atoms with van der Waals surface area (Å²) >= 11 is 0. The Morgan fingerprint density at radius 1 is 1.04 bits per heavy atom. The van der Waals surface area contributed by atoms with Gasteiger partial charge in [0.15, 0.2) is 18.1 Å². The first-order valence-electron chi connectivity index (χ1n) is 8.38. The first kappa shape index (κ1) is 20.0. The van der Waals surface area contributed by atoms with Crippen molar-refractivity contribution < 1.29 is 23.8 Å². The topological polar surface area (TPSA) is 73.9 Å². The maximum atomic E-state index is 12.0. The van der Waals surface area contributed by atoms with Crippen molar-refractivity contribution >= 4 is 23.6 Å². The van der Waals surface area contributed by atoms with Crippen LogP contribution in [0, 0.1) is 13.8 Å². The number of carbonyl (C=O) groups excluding carboxylic acids is 2. The Morgan fingerprint density at radius 3 is 2.48 bits per heavy atom. The van der Waals surface area contributed by atoms with Crippen LogP contribution in [0.4, 0.5) is 5.69 Å². The minimum atomic E-state index is -0.629. The molecule has 2 aromatic carbocycles. The van der Waals surface area contributed by atoms with E-state index < -0.39 is 11.9 Å². The zero-order chi connectivity index (χ0) is 19.8. The predicted octanol–water partition coefficient (Wildman–Crippen LogP) is 3.52. The van der Waals surface area contributed by atoms with Crippen molar-refractivity contribution in [3.05, 3.63) is 59.2 Å². The molecule has 0 aromatic heterocycles. The first-order chi connectivity index (χ1) is 13.0. The Kier molecular flexibility index (Phi) is 7.00. The summed E-state index contributed by atoms with van der Waals surface area (Å²) < 4.78 is 15.5. The lowest BCUT2D eigenvalue weighted by Crippen LogP contribution is -2.20. The number of aryl methyl sites for hydroxylation is 1. The first-order valence-corrected chi connectivity index (χ1v) is 8.38. The smallest absolute Gasteiger partial charge is 0.331 e. The molecule has 0 saturated carbocycles. The molecule has 0 bridgehead atoms. The fourth-order valence-electron chi connectivity index (χ4n) is 2.46. The van der Waals surface area contributed by atoms with Crippen molar-refractivity contribution in [3.8, 4) is 11.5 Å². The number of hydrogen-bond donors (Lipinski definition) is 1. The standard InChI is InChI=1S/C21H23NO5/c1-14-7-5-9-17(15(14)2)22-19(23)13-27-20(24)12-11-16-8-6-10-18(25-3)21(16)26-4/h5-12H,13H2,1-4H3,(H,22,23)/b12-11+. The summed E-state index contributed by atoms with van der Waals surface area (Å²) in [6.07, 6.45) is 2.79. The second kappa shape index (κ2) is 9.43. The number of methoxy groups -OCH3 is 2. The van der Waals surface area contributed by atoms with Gasteiger partial charge in [-0.15, -0.1) is 0 Å². The number of esters is 1. The molecule has 0 aliphatic rings. The van der Waals surface area contributed by atoms with Crippen LogP contribution in [0.1, 0.15) is 16.7 Å². The van der Waals surface area contributed by atoms with Crippen LogP contribution in [0.3, 0.4) is 0 Å². The van der Waals surface area contributed by atoms with Crippen LogP contribution in [-0.2, 0) is 14.3 Å². The summed E-state index contributed by atoms with van der Waals surface area (Å²) in [6, 6.07) is 10.9. The summed E-state index contributed by atoms with van der Waals surface area (Å²) in [4.78, 5) is 23.9. The molecule has 0 saturated heterocycles. The van der Waals surface area contributed by atoms with Crippen LogP contribution >= 0.6 is 0 Å². The van der Waals surface area contributed by atoms with Crippen LogP contribution < -0.4 is 14.8 Å². The van der Waals surface area contributed by atoms with Crippen molar-refractivity contribution in [1.82, 2.24) is 0 Å². The zero-order valence-electron chi connectivity index (χ0n) is 15.9. The molecule has 1 amide bonds. The molecule has 0 unspecified atom stereocenters. The molecule has 0 spiro atoms. The SMILES string of the molecule is COc1cccc(/C=C/C(=O)OCC(=O)Nc2cccc(C)c2C)c1OC. The van der Waals surface area contributed by atoms with E-state index in [0.717, 1.165) is 11.1 Å². The van der Waals surface area contributed by atoms with Crippen LogP contribution in [0.15, 0.2) is 42.5 Å². The third-order valence-corrected chi connectivity index (χ3v) is 4.06. The fourth-order valence-corrected chi connectivity index (χ4v) is 2.46. The van der Waals surface area contributed by atoms with E-state index >= 15 is 0 Å². The number of carbonyl (C=O) groups is 2. The number of hydrogen-bond acceptors (Lipinski definition) is 5. The van der Waals surface area contributed by atoms with Crippen molar-refractivity contribution in [3.63, 3.8) is 0 Å². The molecule has 6 heteroatoms. The largest absolute Gasteiger partial charge is 0.493 e. The third kappa shape index (κ3) is 5.34. The van der Waals surface area contributed by atoms with Gasteiger partial charge in [0.1, 0.15) is 0 Å². The summed E-state index contributed by atoms with van der Waals surface area (Å²) in [5.41, 5.74) is 3.41. The van der Waals surface area contributed by atoms with Gasteiger partial charge in [-0.2, -0.15) is 0 Å². The molecule has 0 aliphatic carbocycles. The Bertz CT molecular complexity index is 858. The van der Waals surface area contributed by atoms with Crippen LogP contribution in [-0.4, -0.2) is 32.7 Å². The number of nitrogens with one attached hydrogen (secondary N) is 1. The molecule has 27 heavy (non-hydrogen) atoms. The fraction of sp³-hybridized carbons (Fsp3) is 0.238. The van der Waals surface area contributed by atoms with Gasteiger partial charge in [0.05, 0.1) is 14.2 Å². The highest BCUT2D eigenvalue weighted by Gasteiger charge is 2.10. The lowest BCUT2D eigenvalue weighted by Gasteiger charge is -2.10. The average Bonchev–Trinajstić information content (AvgIpc) is 2.67. The van der Waals surface area contributed by atoms with E-state index in [2.05, 4.69) is 5.32 Å². The Labute approximate surface area is 158 Å². The second-order valence-electron chi connectivity index (χ2n) is 5.82. The van der Waals surface area contributed by atoms with Gasteiger partial charge in [0.2, 0.25) is 0 Å². The van der Waals surface area contributed by atoms with E-state index in [9.17, 15) is 9.59 Å². The molecule has 0 fully saturated rings. The minimum absolute atomic E-state index is 0.369. The monoisotopic (exact) mass is 369 g/mol. The quantitative estimate of drug-likeness (QED) is 0.597. The average molecular weight is 369 g/mol. The van der Waals surface area contributed by atoms with E-state index in [1.165, 1.54) is 20.3 Å². The molecule has 0 heterocycles. The van der Waals surface area contributed by atoms with Gasteiger partial charge in [-0.3, -0.25) is 4.79 Å². The van der Waals surface area contributed by atoms with Crippen LogP contribution in [0.25, 0.3) is 6.08 Å². The van der Waals surface area contributed by atoms with E-state index in [0.29, 0.717) is 22.7 Å². The molecule has 1 N–H and O–H groups in total. The number of para-hydroxylation sites is 1. The highest BCUT2D eigenvalue weighted by Crippen LogP contribution is 2.31. The lowest BCUT2D eigenvalue weighted by atomic mass is 10.1. The van der Waals surface area contributed by atoms with Crippen molar-refractivity contribution in [2.45, 2.75) is 13.8 Å². The van der Waals surface area contributed by atoms with Gasteiger partial charge in [0, 0.05) is 17.3 Å². The molecule has 2 rings (SSSR count). The van der Waals surface area contributed by atoms with Gasteiger partial charge in [0.25, 0.3) is 5.91 Å². The van der Waals surface area contributed by atoms with Crippen LogP contribution in [0.5, 0.6) is 11.5 Å². The maximum Gasteiger partial charge on any atom is 0.331 e. The molecular formula is C21H23NO5. The van der Waals surface area contributed by atoms with Crippen molar-refractivity contribution in [2.24, 2.45) is 0 Å². The van der Waals surface area contributed by atoms with Crippen molar-refractivity contribution in [1.29, 1.82) is 0 Å². The molecule has 2 aromatic rings. The Morgan fingerprint density at radius 2 is 1.78 bits per heavy atom. The van der Waals surface area contributed by atoms with Crippen molar-refractivity contribution in [2.75, 3.05) is 26.1 Å². The summed E-state index contributed by atoms with van der Waals surface area (Å²) in [7, 11) is 3.05. The van der Waals surface area contributed by atoms with E-state index in [1.54, 1.807) is 30.3 Å². The highest BCUT2D eigenvalue weighted by atomic mass is 16.5. The third-order valence-electron chi connectivity index (χ3n) is 4.06. The maximum absolute atomic E-state index is 12.0. The van der Waals surface area contributed by atoms with Gasteiger partial charge in [-0.05, 0) is 43.2 Å². The zero-order valence-corrected chi connectivity index (χ0v) is 15.9. The summed E-state index contributed by atoms with van der Waals surface area (Å²) in [6.45, 7) is 3.51. The number of amides is 1.